The molecule has 21 heterocycles. The lowest BCUT2D eigenvalue weighted by molar-refractivity contribution is -0.395. The zero-order valence-corrected chi connectivity index (χ0v) is 57.2. The van der Waals surface area contributed by atoms with Crippen molar-refractivity contribution in [2.24, 2.45) is 5.92 Å². The Morgan fingerprint density at radius 2 is 0.602 bits per heavy atom. The average Bonchev–Trinajstić information content (AvgIpc) is 0.785. The molecule has 0 aromatic rings. The fourth-order valence-corrected chi connectivity index (χ4v) is 15.0. The molecule has 103 heavy (non-hydrogen) atoms. The first-order valence-electron chi connectivity index (χ1n) is 33.2. The van der Waals surface area contributed by atoms with Gasteiger partial charge in [-0.25, -0.2) is 0 Å². The summed E-state index contributed by atoms with van der Waals surface area (Å²) in [6.07, 6.45) is -73.1. The van der Waals surface area contributed by atoms with E-state index in [1.54, 1.807) is 0 Å². The van der Waals surface area contributed by atoms with E-state index in [0.717, 1.165) is 23.5 Å². The molecule has 14 unspecified atom stereocenters. The van der Waals surface area contributed by atoms with E-state index in [4.69, 9.17) is 75.8 Å². The van der Waals surface area contributed by atoms with Crippen LogP contribution in [0.25, 0.3) is 0 Å². The van der Waals surface area contributed by atoms with Gasteiger partial charge in [0.2, 0.25) is 0 Å². The molecule has 0 radical (unpaired) electrons. The van der Waals surface area contributed by atoms with Gasteiger partial charge in [-0.1, -0.05) is 0 Å². The summed E-state index contributed by atoms with van der Waals surface area (Å²) in [7, 11) is 1.35. The monoisotopic (exact) mass is 1540 g/mol. The van der Waals surface area contributed by atoms with Gasteiger partial charge in [0, 0.05) is 42.3 Å². The van der Waals surface area contributed by atoms with Gasteiger partial charge in [-0.2, -0.15) is 23.5 Å². The highest BCUT2D eigenvalue weighted by atomic mass is 32.2. The zero-order valence-electron chi connectivity index (χ0n) is 55.5. The van der Waals surface area contributed by atoms with Crippen molar-refractivity contribution in [1.29, 1.82) is 0 Å². The minimum absolute atomic E-state index is 0.0645. The number of aliphatic hydroxyl groups is 19. The average molecular weight is 1540 g/mol. The lowest BCUT2D eigenvalue weighted by Crippen LogP contribution is -2.68. The standard InChI is InChI=1S/C59H97NO41S2/c1-19(66)3-5-86-7-8-87-6-4-21(67)9-20(51(82)83)15-102-17-28-49-35(73)42(80)58(93-28)98-47-26(13-64)89-55(38(76)31(47)69)97-46-25(12-63)92-57(41(79)34(46)72)101-50-29(18-103-16-22(60-2)52(84)85)94-59(43(81)36(50)74)99-48-27(14-65)90-54(39(77)32(48)70)95-44-23(10-61)88-53(37(75)30(44)68)96-45-24(11-62)91-56(100-49)40(78)33(45)71/h20,22-50,53-65,68-81H,3-18H2,1-2H3,(H,82,83)(H,84,85)/t20-,22-,23?,24?,25?,26?,27?,28?,29?,30-,31-,32-,33-,34-,35-,36-,37?,38?,39?,40?,41?,42?,43?,44-,45-,46+,47-,48+,49-,50+,53-,54-,55+,56-,57+,58-,59+/m1/s1. The number of rotatable bonds is 27. The molecular weight excluding hydrogens is 1440 g/mol. The molecule has 14 bridgehead atoms. The summed E-state index contributed by atoms with van der Waals surface area (Å²) in [6.45, 7) is -3.91. The predicted molar refractivity (Wildman–Crippen MR) is 332 cm³/mol. The smallest absolute Gasteiger partial charge is 0.321 e. The first kappa shape index (κ1) is 86.1. The number of carbonyl (C=O) groups excluding carboxylic acids is 2. The molecule has 21 fully saturated rings. The molecule has 21 aliphatic heterocycles. The third-order valence-corrected chi connectivity index (χ3v) is 20.9. The quantitative estimate of drug-likeness (QED) is 0.0340. The number of carboxylic acid groups (broad SMARTS) is 2. The molecule has 0 spiro atoms. The van der Waals surface area contributed by atoms with E-state index in [0.29, 0.717) is 0 Å². The number of thioether (sulfide) groups is 2. The molecule has 21 saturated heterocycles. The van der Waals surface area contributed by atoms with Crippen LogP contribution >= 0.6 is 23.5 Å². The second kappa shape index (κ2) is 40.0. The van der Waals surface area contributed by atoms with Gasteiger partial charge in [0.1, 0.15) is 176 Å². The molecule has 37 atom stereocenters. The number of nitrogens with one attached hydrogen (secondary N) is 1. The maximum absolute atomic E-state index is 13.0. The Morgan fingerprint density at radius 3 is 0.845 bits per heavy atom. The van der Waals surface area contributed by atoms with Crippen LogP contribution in [0.2, 0.25) is 0 Å². The Hall–Kier alpha value is -2.46. The van der Waals surface area contributed by atoms with Crippen LogP contribution in [0.15, 0.2) is 0 Å². The molecule has 22 N–H and O–H groups in total. The molecule has 0 amide bonds. The number of likely N-dealkylation sites (N-methyl/N-ethyl adjacent to an activating group) is 1. The Balaban J connectivity index is 1.08. The summed E-state index contributed by atoms with van der Waals surface area (Å²) in [4.78, 5) is 48.7. The highest BCUT2D eigenvalue weighted by Gasteiger charge is 2.60. The van der Waals surface area contributed by atoms with Crippen molar-refractivity contribution in [2.75, 3.05) is 89.5 Å². The van der Waals surface area contributed by atoms with Crippen LogP contribution in [-0.2, 0) is 95.0 Å². The van der Waals surface area contributed by atoms with Crippen molar-refractivity contribution in [3.63, 3.8) is 0 Å². The van der Waals surface area contributed by atoms with Crippen molar-refractivity contribution in [1.82, 2.24) is 5.32 Å². The highest BCUT2D eigenvalue weighted by Crippen LogP contribution is 2.40. The topological polar surface area (TPSA) is 653 Å². The molecule has 596 valence electrons. The van der Waals surface area contributed by atoms with Gasteiger partial charge < -0.3 is 188 Å². The van der Waals surface area contributed by atoms with E-state index in [-0.39, 0.29) is 62.3 Å². The maximum atomic E-state index is 13.0. The van der Waals surface area contributed by atoms with Crippen LogP contribution in [0.4, 0.5) is 0 Å². The van der Waals surface area contributed by atoms with Crippen LogP contribution in [0.5, 0.6) is 0 Å². The van der Waals surface area contributed by atoms with Gasteiger partial charge in [0.05, 0.1) is 77.6 Å². The van der Waals surface area contributed by atoms with Crippen LogP contribution in [0.3, 0.4) is 0 Å². The Kier molecular flexibility index (Phi) is 33.4. The van der Waals surface area contributed by atoms with Gasteiger partial charge in [-0.15, -0.1) is 0 Å². The molecule has 0 aliphatic carbocycles. The molecule has 42 nitrogen and oxygen atoms in total. The van der Waals surface area contributed by atoms with E-state index in [9.17, 15) is 126 Å². The van der Waals surface area contributed by atoms with Gasteiger partial charge >= 0.3 is 11.9 Å². The van der Waals surface area contributed by atoms with Gasteiger partial charge in [0.15, 0.2) is 44.0 Å². The largest absolute Gasteiger partial charge is 0.481 e. The number of aliphatic hydroxyl groups excluding tert-OH is 19. The summed E-state index contributed by atoms with van der Waals surface area (Å²) in [6, 6.07) is -1.18. The van der Waals surface area contributed by atoms with Crippen molar-refractivity contribution >= 4 is 47.0 Å². The van der Waals surface area contributed by atoms with Crippen molar-refractivity contribution < 1.29 is 202 Å². The first-order valence-corrected chi connectivity index (χ1v) is 35.5. The summed E-state index contributed by atoms with van der Waals surface area (Å²) in [5.41, 5.74) is 0. The third-order valence-electron chi connectivity index (χ3n) is 18.6. The van der Waals surface area contributed by atoms with Gasteiger partial charge in [-0.3, -0.25) is 19.2 Å². The number of carbonyl (C=O) groups is 4. The number of hydrogen-bond donors (Lipinski definition) is 22. The fraction of sp³-hybridized carbons (Fsp3) is 0.932. The number of Topliss-reactive ketones (excluding diaryl/α,β-unsaturated/α-hetero) is 2. The van der Waals surface area contributed by atoms with Crippen molar-refractivity contribution in [3.05, 3.63) is 0 Å². The van der Waals surface area contributed by atoms with E-state index in [2.05, 4.69) is 5.32 Å². The normalized spacial score (nSPS) is 44.9. The second-order valence-corrected chi connectivity index (χ2v) is 27.9. The van der Waals surface area contributed by atoms with Crippen molar-refractivity contribution in [3.8, 4) is 0 Å². The SMILES string of the molecule is CN[C@H](CSCC1O[C@H]2O[C@H]3C(CO)O[C@H](O[C@@H]4C(CO)O[C@H](O[C@@H]5C(CO)O[C@H](O[C@@H]6C(CSC[C@@H](CC(=O)CCOCCOCCC(C)=O)C(=O)O)O[C@H](O[C@@H]7C(CO)O[C@@H](O[C@H]8C(CO)O[C@@H](O[C@@H]1[C@H](O)C2O)C(O)[C@H]8O)C(O)[C@H]7O)C(O)[C@H]6O)C(O)[C@H]5O)C(O)[C@H]4O)C(O)[C@H]3O)C(=O)O. The Morgan fingerprint density at radius 1 is 0.350 bits per heavy atom. The van der Waals surface area contributed by atoms with E-state index >= 15 is 0 Å². The summed E-state index contributed by atoms with van der Waals surface area (Å²) in [5.74, 6) is -6.08. The Bertz CT molecular complexity index is 2610. The fourth-order valence-electron chi connectivity index (χ4n) is 12.6. The van der Waals surface area contributed by atoms with Crippen LogP contribution < -0.4 is 5.32 Å². The van der Waals surface area contributed by atoms with Crippen molar-refractivity contribution in [2.45, 2.75) is 247 Å². The molecular formula is C59H97NO41S2. The zero-order chi connectivity index (χ0) is 75.4. The second-order valence-electron chi connectivity index (χ2n) is 25.7. The molecule has 44 heteroatoms. The van der Waals surface area contributed by atoms with E-state index < -0.39 is 290 Å². The third kappa shape index (κ3) is 21.0. The van der Waals surface area contributed by atoms with Crippen LogP contribution in [0.1, 0.15) is 26.2 Å². The Labute approximate surface area is 595 Å². The lowest BCUT2D eigenvalue weighted by Gasteiger charge is -2.50. The number of ether oxygens (including phenoxy) is 16. The molecule has 0 aromatic carbocycles. The van der Waals surface area contributed by atoms with Gasteiger partial charge in [-0.05, 0) is 14.0 Å². The number of carboxylic acids is 2. The lowest BCUT2D eigenvalue weighted by atomic mass is 9.95. The summed E-state index contributed by atoms with van der Waals surface area (Å²) < 4.78 is 93.3. The maximum Gasteiger partial charge on any atom is 0.321 e. The van der Waals surface area contributed by atoms with Crippen LogP contribution in [0, 0.1) is 5.92 Å². The predicted octanol–water partition coefficient (Wildman–Crippen LogP) is -13.0. The minimum atomic E-state index is -2.31. The summed E-state index contributed by atoms with van der Waals surface area (Å²) in [5, 5.41) is 239. The molecule has 0 saturated carbocycles. The molecule has 21 rings (SSSR count). The molecule has 21 aliphatic rings. The number of hydrogen-bond acceptors (Lipinski definition) is 42. The number of aliphatic carboxylic acids is 2. The highest BCUT2D eigenvalue weighted by molar-refractivity contribution is 7.99. The summed E-state index contributed by atoms with van der Waals surface area (Å²) >= 11 is 1.66. The van der Waals surface area contributed by atoms with E-state index in [1.807, 2.05) is 0 Å². The van der Waals surface area contributed by atoms with E-state index in [1.165, 1.54) is 14.0 Å². The van der Waals surface area contributed by atoms with Gasteiger partial charge in [0.25, 0.3) is 0 Å². The number of ketones is 2. The molecule has 0 aromatic heterocycles. The first-order chi connectivity index (χ1) is 49.0. The van der Waals surface area contributed by atoms with Crippen LogP contribution in [-0.4, -0.2) is 441 Å². The minimum Gasteiger partial charge on any atom is -0.481 e.